The van der Waals surface area contributed by atoms with Gasteiger partial charge in [0.2, 0.25) is 0 Å². The molecule has 0 saturated heterocycles. The van der Waals surface area contributed by atoms with E-state index >= 15 is 0 Å². The molecule has 0 amide bonds. The van der Waals surface area contributed by atoms with Gasteiger partial charge in [-0.25, -0.2) is 0 Å². The number of hydrogen-bond acceptors (Lipinski definition) is 2. The second kappa shape index (κ2) is 5.31. The summed E-state index contributed by atoms with van der Waals surface area (Å²) in [5, 5.41) is 7.77. The average Bonchev–Trinajstić information content (AvgIpc) is 2.54. The molecule has 3 heteroatoms. The van der Waals surface area contributed by atoms with Gasteiger partial charge in [-0.2, -0.15) is 5.10 Å². The fourth-order valence-corrected chi connectivity index (χ4v) is 1.93. The molecule has 0 aromatic carbocycles. The van der Waals surface area contributed by atoms with E-state index < -0.39 is 0 Å². The molecule has 3 nitrogen and oxygen atoms in total. The molecule has 1 aromatic heterocycles. The van der Waals surface area contributed by atoms with E-state index in [2.05, 4.69) is 37.4 Å². The molecule has 1 aromatic rings. The molecule has 0 fully saturated rings. The summed E-state index contributed by atoms with van der Waals surface area (Å²) in [6.45, 7) is 6.62. The molecule has 15 heavy (non-hydrogen) atoms. The van der Waals surface area contributed by atoms with Crippen molar-refractivity contribution in [3.05, 3.63) is 17.5 Å². The Bertz CT molecular complexity index is 304. The van der Waals surface area contributed by atoms with E-state index in [1.165, 1.54) is 18.4 Å². The van der Waals surface area contributed by atoms with Crippen LogP contribution in [0.3, 0.4) is 0 Å². The largest absolute Gasteiger partial charge is 0.313 e. The Morgan fingerprint density at radius 1 is 1.53 bits per heavy atom. The van der Waals surface area contributed by atoms with Gasteiger partial charge in [0.05, 0.1) is 5.69 Å². The standard InChI is InChI=1S/C12H23N3/c1-6-9(2)7-12(13-4)11-8-15(5)14-10(11)3/h8-9,12-13H,6-7H2,1-5H3. The molecule has 0 radical (unpaired) electrons. The molecule has 0 bridgehead atoms. The second-order valence-electron chi connectivity index (χ2n) is 4.43. The van der Waals surface area contributed by atoms with E-state index in [-0.39, 0.29) is 0 Å². The van der Waals surface area contributed by atoms with Crippen molar-refractivity contribution in [1.29, 1.82) is 0 Å². The molecule has 1 heterocycles. The van der Waals surface area contributed by atoms with Crippen LogP contribution in [0.25, 0.3) is 0 Å². The van der Waals surface area contributed by atoms with E-state index in [1.807, 2.05) is 18.8 Å². The molecular formula is C12H23N3. The van der Waals surface area contributed by atoms with Gasteiger partial charge in [-0.15, -0.1) is 0 Å². The van der Waals surface area contributed by atoms with Gasteiger partial charge < -0.3 is 5.32 Å². The first kappa shape index (κ1) is 12.2. The summed E-state index contributed by atoms with van der Waals surface area (Å²) in [5.74, 6) is 0.752. The molecule has 1 rings (SSSR count). The molecule has 0 spiro atoms. The van der Waals surface area contributed by atoms with Crippen LogP contribution in [0.2, 0.25) is 0 Å². The van der Waals surface area contributed by atoms with E-state index in [0.29, 0.717) is 6.04 Å². The number of aromatic nitrogens is 2. The number of nitrogens with zero attached hydrogens (tertiary/aromatic N) is 2. The van der Waals surface area contributed by atoms with Gasteiger partial charge in [0.15, 0.2) is 0 Å². The smallest absolute Gasteiger partial charge is 0.0641 e. The lowest BCUT2D eigenvalue weighted by atomic mass is 9.95. The molecular weight excluding hydrogens is 186 g/mol. The molecule has 0 aliphatic heterocycles. The zero-order valence-electron chi connectivity index (χ0n) is 10.5. The number of hydrogen-bond donors (Lipinski definition) is 1. The third kappa shape index (κ3) is 3.06. The molecule has 0 aliphatic rings. The van der Waals surface area contributed by atoms with Crippen molar-refractivity contribution >= 4 is 0 Å². The molecule has 2 unspecified atom stereocenters. The maximum Gasteiger partial charge on any atom is 0.0641 e. The van der Waals surface area contributed by atoms with Gasteiger partial charge in [0.25, 0.3) is 0 Å². The fourth-order valence-electron chi connectivity index (χ4n) is 1.93. The lowest BCUT2D eigenvalue weighted by molar-refractivity contribution is 0.421. The Kier molecular flexibility index (Phi) is 4.33. The minimum atomic E-state index is 0.439. The quantitative estimate of drug-likeness (QED) is 0.807. The van der Waals surface area contributed by atoms with E-state index in [9.17, 15) is 0 Å². The zero-order valence-corrected chi connectivity index (χ0v) is 10.5. The predicted molar refractivity (Wildman–Crippen MR) is 63.8 cm³/mol. The van der Waals surface area contributed by atoms with Crippen molar-refractivity contribution in [2.45, 2.75) is 39.7 Å². The van der Waals surface area contributed by atoms with Crippen LogP contribution in [-0.4, -0.2) is 16.8 Å². The molecule has 1 N–H and O–H groups in total. The van der Waals surface area contributed by atoms with Gasteiger partial charge in [0.1, 0.15) is 0 Å². The fraction of sp³-hybridized carbons (Fsp3) is 0.750. The van der Waals surface area contributed by atoms with E-state index in [0.717, 1.165) is 11.6 Å². The van der Waals surface area contributed by atoms with Gasteiger partial charge >= 0.3 is 0 Å². The van der Waals surface area contributed by atoms with Crippen molar-refractivity contribution in [3.63, 3.8) is 0 Å². The summed E-state index contributed by atoms with van der Waals surface area (Å²) in [7, 11) is 4.01. The summed E-state index contributed by atoms with van der Waals surface area (Å²) in [4.78, 5) is 0. The average molecular weight is 209 g/mol. The van der Waals surface area contributed by atoms with E-state index in [4.69, 9.17) is 0 Å². The first-order chi connectivity index (χ1) is 7.08. The first-order valence-corrected chi connectivity index (χ1v) is 5.75. The normalized spacial score (nSPS) is 15.3. The molecule has 0 saturated carbocycles. The zero-order chi connectivity index (χ0) is 11.4. The van der Waals surface area contributed by atoms with Crippen LogP contribution in [0.5, 0.6) is 0 Å². The predicted octanol–water partition coefficient (Wildman–Crippen LogP) is 2.43. The monoisotopic (exact) mass is 209 g/mol. The van der Waals surface area contributed by atoms with Gasteiger partial charge in [-0.05, 0) is 26.3 Å². The topological polar surface area (TPSA) is 29.9 Å². The van der Waals surface area contributed by atoms with Crippen molar-refractivity contribution in [2.75, 3.05) is 7.05 Å². The molecule has 2 atom stereocenters. The second-order valence-corrected chi connectivity index (χ2v) is 4.43. The molecule has 0 aliphatic carbocycles. The third-order valence-electron chi connectivity index (χ3n) is 3.11. The Labute approximate surface area is 92.9 Å². The highest BCUT2D eigenvalue weighted by Gasteiger charge is 2.16. The van der Waals surface area contributed by atoms with Gasteiger partial charge in [-0.3, -0.25) is 4.68 Å². The Morgan fingerprint density at radius 3 is 2.60 bits per heavy atom. The van der Waals surface area contributed by atoms with Crippen molar-refractivity contribution in [3.8, 4) is 0 Å². The number of aryl methyl sites for hydroxylation is 2. The minimum Gasteiger partial charge on any atom is -0.313 e. The minimum absolute atomic E-state index is 0.439. The van der Waals surface area contributed by atoms with Crippen LogP contribution in [0.15, 0.2) is 6.20 Å². The summed E-state index contributed by atoms with van der Waals surface area (Å²) in [6, 6.07) is 0.439. The lowest BCUT2D eigenvalue weighted by Gasteiger charge is -2.19. The molecule has 86 valence electrons. The maximum absolute atomic E-state index is 4.39. The highest BCUT2D eigenvalue weighted by Crippen LogP contribution is 2.24. The Morgan fingerprint density at radius 2 is 2.20 bits per heavy atom. The summed E-state index contributed by atoms with van der Waals surface area (Å²) in [6.07, 6.45) is 4.54. The Hall–Kier alpha value is -0.830. The SMILES string of the molecule is CCC(C)CC(NC)c1cn(C)nc1C. The van der Waals surface area contributed by atoms with Crippen LogP contribution in [-0.2, 0) is 7.05 Å². The van der Waals surface area contributed by atoms with Crippen LogP contribution in [0, 0.1) is 12.8 Å². The number of nitrogens with one attached hydrogen (secondary N) is 1. The third-order valence-corrected chi connectivity index (χ3v) is 3.11. The lowest BCUT2D eigenvalue weighted by Crippen LogP contribution is -2.19. The van der Waals surface area contributed by atoms with Crippen LogP contribution in [0.1, 0.15) is 44.0 Å². The summed E-state index contributed by atoms with van der Waals surface area (Å²) < 4.78 is 1.89. The highest BCUT2D eigenvalue weighted by molar-refractivity contribution is 5.19. The van der Waals surface area contributed by atoms with Gasteiger partial charge in [0, 0.05) is 24.8 Å². The van der Waals surface area contributed by atoms with Crippen molar-refractivity contribution in [2.24, 2.45) is 13.0 Å². The Balaban J connectivity index is 2.78. The van der Waals surface area contributed by atoms with Crippen molar-refractivity contribution < 1.29 is 0 Å². The van der Waals surface area contributed by atoms with Crippen molar-refractivity contribution in [1.82, 2.24) is 15.1 Å². The van der Waals surface area contributed by atoms with Gasteiger partial charge in [-0.1, -0.05) is 20.3 Å². The highest BCUT2D eigenvalue weighted by atomic mass is 15.3. The van der Waals surface area contributed by atoms with Crippen LogP contribution < -0.4 is 5.32 Å². The maximum atomic E-state index is 4.39. The van der Waals surface area contributed by atoms with Crippen LogP contribution in [0.4, 0.5) is 0 Å². The van der Waals surface area contributed by atoms with E-state index in [1.54, 1.807) is 0 Å². The summed E-state index contributed by atoms with van der Waals surface area (Å²) >= 11 is 0. The first-order valence-electron chi connectivity index (χ1n) is 5.75. The number of rotatable bonds is 5. The van der Waals surface area contributed by atoms with Crippen LogP contribution >= 0.6 is 0 Å². The summed E-state index contributed by atoms with van der Waals surface area (Å²) in [5.41, 5.74) is 2.47.